The highest BCUT2D eigenvalue weighted by Crippen LogP contribution is 2.15. The lowest BCUT2D eigenvalue weighted by atomic mass is 10.1. The fourth-order valence-corrected chi connectivity index (χ4v) is 2.23. The quantitative estimate of drug-likeness (QED) is 0.619. The van der Waals surface area contributed by atoms with E-state index in [9.17, 15) is 0 Å². The summed E-state index contributed by atoms with van der Waals surface area (Å²) in [5, 5.41) is 0.921. The Balaban J connectivity index is 1.70. The lowest BCUT2D eigenvalue weighted by Crippen LogP contribution is -2.03. The lowest BCUT2D eigenvalue weighted by molar-refractivity contribution is 0.344. The van der Waals surface area contributed by atoms with Crippen molar-refractivity contribution in [1.82, 2.24) is 9.97 Å². The summed E-state index contributed by atoms with van der Waals surface area (Å²) < 4.78 is 5.66. The minimum atomic E-state index is 0.650. The number of rotatable bonds is 7. The zero-order valence-corrected chi connectivity index (χ0v) is 11.5. The Morgan fingerprint density at radius 1 is 1.16 bits per heavy atom. The summed E-state index contributed by atoms with van der Waals surface area (Å²) in [5.74, 6) is 1.74. The molecular formula is C14H17N3OS. The van der Waals surface area contributed by atoms with Gasteiger partial charge in [0.15, 0.2) is 0 Å². The van der Waals surface area contributed by atoms with Gasteiger partial charge in [-0.15, -0.1) is 11.8 Å². The number of nitrogens with two attached hydrogens (primary N) is 1. The van der Waals surface area contributed by atoms with Gasteiger partial charge in [-0.3, -0.25) is 4.98 Å². The molecule has 0 aliphatic carbocycles. The topological polar surface area (TPSA) is 61.0 Å². The molecule has 0 aliphatic rings. The van der Waals surface area contributed by atoms with Crippen molar-refractivity contribution in [3.05, 3.63) is 48.4 Å². The molecule has 1 aromatic heterocycles. The molecule has 0 radical (unpaired) electrons. The van der Waals surface area contributed by atoms with Gasteiger partial charge in [-0.05, 0) is 30.7 Å². The average Bonchev–Trinajstić information content (AvgIpc) is 2.47. The van der Waals surface area contributed by atoms with Crippen LogP contribution in [0.5, 0.6) is 5.75 Å². The third-order valence-electron chi connectivity index (χ3n) is 2.50. The molecule has 0 amide bonds. The summed E-state index contributed by atoms with van der Waals surface area (Å²) in [6.45, 7) is 1.33. The molecule has 1 heterocycles. The van der Waals surface area contributed by atoms with Crippen LogP contribution >= 0.6 is 11.8 Å². The Bertz CT molecular complexity index is 476. The molecule has 0 atom stereocenters. The van der Waals surface area contributed by atoms with Crippen LogP contribution in [0.15, 0.2) is 47.9 Å². The van der Waals surface area contributed by atoms with Gasteiger partial charge < -0.3 is 10.5 Å². The van der Waals surface area contributed by atoms with E-state index in [0.717, 1.165) is 22.9 Å². The van der Waals surface area contributed by atoms with Crippen LogP contribution in [0.1, 0.15) is 5.56 Å². The molecule has 0 aliphatic heterocycles. The van der Waals surface area contributed by atoms with Crippen LogP contribution in [0.3, 0.4) is 0 Å². The molecular weight excluding hydrogens is 258 g/mol. The molecule has 0 bridgehead atoms. The van der Waals surface area contributed by atoms with Crippen molar-refractivity contribution in [2.45, 2.75) is 11.4 Å². The van der Waals surface area contributed by atoms with Crippen LogP contribution in [0.2, 0.25) is 0 Å². The smallest absolute Gasteiger partial charge is 0.119 e. The minimum Gasteiger partial charge on any atom is -0.493 e. The molecule has 4 nitrogen and oxygen atoms in total. The second-order valence-electron chi connectivity index (χ2n) is 3.92. The number of hydrogen-bond donors (Lipinski definition) is 1. The van der Waals surface area contributed by atoms with E-state index in [1.807, 2.05) is 12.1 Å². The van der Waals surface area contributed by atoms with Crippen molar-refractivity contribution < 1.29 is 4.74 Å². The zero-order chi connectivity index (χ0) is 13.3. The van der Waals surface area contributed by atoms with Gasteiger partial charge in [0, 0.05) is 18.1 Å². The Labute approximate surface area is 117 Å². The highest BCUT2D eigenvalue weighted by atomic mass is 32.2. The Morgan fingerprint density at radius 3 is 2.68 bits per heavy atom. The third kappa shape index (κ3) is 4.89. The van der Waals surface area contributed by atoms with Gasteiger partial charge >= 0.3 is 0 Å². The summed E-state index contributed by atoms with van der Waals surface area (Å²) in [6, 6.07) is 8.08. The summed E-state index contributed by atoms with van der Waals surface area (Å²) >= 11 is 1.64. The molecule has 5 heteroatoms. The summed E-state index contributed by atoms with van der Waals surface area (Å²) in [7, 11) is 0. The Kier molecular flexibility index (Phi) is 5.65. The molecule has 100 valence electrons. The first kappa shape index (κ1) is 13.8. The van der Waals surface area contributed by atoms with E-state index in [1.165, 1.54) is 5.56 Å². The second-order valence-corrected chi connectivity index (χ2v) is 5.04. The molecule has 0 unspecified atom stereocenters. The van der Waals surface area contributed by atoms with Crippen molar-refractivity contribution in [3.63, 3.8) is 0 Å². The summed E-state index contributed by atoms with van der Waals surface area (Å²) in [4.78, 5) is 8.20. The summed E-state index contributed by atoms with van der Waals surface area (Å²) in [6.07, 6.45) is 6.03. The van der Waals surface area contributed by atoms with Crippen molar-refractivity contribution in [2.24, 2.45) is 5.73 Å². The van der Waals surface area contributed by atoms with Gasteiger partial charge in [-0.2, -0.15) is 0 Å². The zero-order valence-electron chi connectivity index (χ0n) is 10.7. The standard InChI is InChI=1S/C14H17N3OS/c15-6-5-12-1-3-13(4-2-12)18-9-10-19-14-11-16-7-8-17-14/h1-4,7-8,11H,5-6,9-10,15H2. The van der Waals surface area contributed by atoms with Crippen LogP contribution in [0, 0.1) is 0 Å². The number of nitrogens with zero attached hydrogens (tertiary/aromatic N) is 2. The van der Waals surface area contributed by atoms with Crippen molar-refractivity contribution in [3.8, 4) is 5.75 Å². The first-order chi connectivity index (χ1) is 9.38. The molecule has 2 N–H and O–H groups in total. The van der Waals surface area contributed by atoms with Gasteiger partial charge in [-0.25, -0.2) is 4.98 Å². The first-order valence-electron chi connectivity index (χ1n) is 6.19. The van der Waals surface area contributed by atoms with E-state index in [1.54, 1.807) is 30.4 Å². The first-order valence-corrected chi connectivity index (χ1v) is 7.17. The lowest BCUT2D eigenvalue weighted by Gasteiger charge is -2.06. The molecule has 2 rings (SSSR count). The molecule has 0 fully saturated rings. The maximum Gasteiger partial charge on any atom is 0.119 e. The van der Waals surface area contributed by atoms with E-state index < -0.39 is 0 Å². The van der Waals surface area contributed by atoms with Crippen molar-refractivity contribution >= 4 is 11.8 Å². The highest BCUT2D eigenvalue weighted by Gasteiger charge is 1.97. The minimum absolute atomic E-state index is 0.650. The van der Waals surface area contributed by atoms with Crippen LogP contribution < -0.4 is 10.5 Å². The number of thioether (sulfide) groups is 1. The molecule has 2 aromatic rings. The van der Waals surface area contributed by atoms with Crippen LogP contribution in [0.4, 0.5) is 0 Å². The predicted octanol–water partition coefficient (Wildman–Crippen LogP) is 2.15. The van der Waals surface area contributed by atoms with E-state index in [2.05, 4.69) is 22.1 Å². The van der Waals surface area contributed by atoms with Gasteiger partial charge in [0.25, 0.3) is 0 Å². The maximum atomic E-state index is 5.66. The normalized spacial score (nSPS) is 10.4. The van der Waals surface area contributed by atoms with E-state index >= 15 is 0 Å². The van der Waals surface area contributed by atoms with Crippen LogP contribution in [0.25, 0.3) is 0 Å². The third-order valence-corrected chi connectivity index (χ3v) is 3.38. The maximum absolute atomic E-state index is 5.66. The molecule has 0 spiro atoms. The molecule has 0 saturated carbocycles. The number of hydrogen-bond acceptors (Lipinski definition) is 5. The van der Waals surface area contributed by atoms with Gasteiger partial charge in [0.1, 0.15) is 10.8 Å². The van der Waals surface area contributed by atoms with E-state index in [0.29, 0.717) is 13.2 Å². The van der Waals surface area contributed by atoms with E-state index in [4.69, 9.17) is 10.5 Å². The average molecular weight is 275 g/mol. The fourth-order valence-electron chi connectivity index (χ4n) is 1.58. The van der Waals surface area contributed by atoms with Crippen molar-refractivity contribution in [2.75, 3.05) is 18.9 Å². The highest BCUT2D eigenvalue weighted by molar-refractivity contribution is 7.99. The molecule has 19 heavy (non-hydrogen) atoms. The number of aromatic nitrogens is 2. The predicted molar refractivity (Wildman–Crippen MR) is 77.5 cm³/mol. The molecule has 1 aromatic carbocycles. The summed E-state index contributed by atoms with van der Waals surface area (Å²) in [5.41, 5.74) is 6.75. The second kappa shape index (κ2) is 7.76. The number of ether oxygens (including phenoxy) is 1. The van der Waals surface area contributed by atoms with Gasteiger partial charge in [-0.1, -0.05) is 12.1 Å². The van der Waals surface area contributed by atoms with Gasteiger partial charge in [0.05, 0.1) is 12.8 Å². The Morgan fingerprint density at radius 2 is 2.00 bits per heavy atom. The fraction of sp³-hybridized carbons (Fsp3) is 0.286. The van der Waals surface area contributed by atoms with Crippen LogP contribution in [-0.2, 0) is 6.42 Å². The monoisotopic (exact) mass is 275 g/mol. The van der Waals surface area contributed by atoms with Crippen LogP contribution in [-0.4, -0.2) is 28.9 Å². The number of benzene rings is 1. The largest absolute Gasteiger partial charge is 0.493 e. The van der Waals surface area contributed by atoms with Crippen molar-refractivity contribution in [1.29, 1.82) is 0 Å². The SMILES string of the molecule is NCCc1ccc(OCCSc2cnccn2)cc1. The Hall–Kier alpha value is -1.59. The van der Waals surface area contributed by atoms with E-state index in [-0.39, 0.29) is 0 Å². The van der Waals surface area contributed by atoms with Gasteiger partial charge in [0.2, 0.25) is 0 Å². The molecule has 0 saturated heterocycles.